The van der Waals surface area contributed by atoms with Crippen LogP contribution in [0.1, 0.15) is 57.4 Å². The molecule has 27 heavy (non-hydrogen) atoms. The molecule has 0 saturated heterocycles. The number of pyridine rings is 1. The van der Waals surface area contributed by atoms with Gasteiger partial charge in [-0.15, -0.1) is 10.2 Å². The topological polar surface area (TPSA) is 107 Å². The monoisotopic (exact) mass is 386 g/mol. The highest BCUT2D eigenvalue weighted by molar-refractivity contribution is 5.68. The second-order valence-electron chi connectivity index (χ2n) is 6.99. The van der Waals surface area contributed by atoms with Gasteiger partial charge in [0, 0.05) is 0 Å². The molecule has 3 heterocycles. The van der Waals surface area contributed by atoms with E-state index in [1.807, 2.05) is 0 Å². The zero-order valence-electron chi connectivity index (χ0n) is 15.0. The van der Waals surface area contributed by atoms with Crippen LogP contribution >= 0.6 is 0 Å². The number of rotatable bonds is 0. The average molecular weight is 386 g/mol. The number of nitrogens with zero attached hydrogens (tertiary/aromatic N) is 3. The number of nitrogens with two attached hydrogens (primary N) is 1. The van der Waals surface area contributed by atoms with E-state index >= 15 is 0 Å². The largest absolute Gasteiger partial charge is 0.474 e. The van der Waals surface area contributed by atoms with Crippen molar-refractivity contribution in [3.05, 3.63) is 17.5 Å². The third kappa shape index (κ3) is 4.15. The quantitative estimate of drug-likeness (QED) is 0.711. The van der Waals surface area contributed by atoms with Crippen LogP contribution in [-0.4, -0.2) is 26.4 Å². The van der Waals surface area contributed by atoms with Crippen molar-refractivity contribution in [2.75, 3.05) is 5.73 Å². The van der Waals surface area contributed by atoms with E-state index in [1.165, 1.54) is 0 Å². The number of aromatic nitrogens is 3. The summed E-state index contributed by atoms with van der Waals surface area (Å²) in [6.45, 7) is 3.24. The number of anilines is 1. The van der Waals surface area contributed by atoms with Crippen LogP contribution in [0.5, 0.6) is 5.88 Å². The van der Waals surface area contributed by atoms with E-state index in [-0.39, 0.29) is 23.2 Å². The number of alkyl halides is 3. The Morgan fingerprint density at radius 1 is 1.26 bits per heavy atom. The lowest BCUT2D eigenvalue weighted by Gasteiger charge is -2.21. The molecular formula is C17H21F3N4O3. The normalized spacial score (nSPS) is 24.1. The van der Waals surface area contributed by atoms with Crippen LogP contribution in [0.25, 0.3) is 11.6 Å². The van der Waals surface area contributed by atoms with Crippen LogP contribution in [0, 0.1) is 0 Å². The van der Waals surface area contributed by atoms with Gasteiger partial charge in [0.15, 0.2) is 5.69 Å². The first-order chi connectivity index (χ1) is 12.6. The summed E-state index contributed by atoms with van der Waals surface area (Å²) in [6.07, 6.45) is -1.99. The molecule has 2 aromatic rings. The van der Waals surface area contributed by atoms with Crippen LogP contribution in [0.15, 0.2) is 10.5 Å². The van der Waals surface area contributed by atoms with Crippen molar-refractivity contribution in [3.63, 3.8) is 0 Å². The molecule has 0 radical (unpaired) electrons. The van der Waals surface area contributed by atoms with Gasteiger partial charge in [-0.25, -0.2) is 4.98 Å². The van der Waals surface area contributed by atoms with Gasteiger partial charge in [-0.05, 0) is 39.2 Å². The number of ether oxygens (including phenoxy) is 1. The first-order valence-corrected chi connectivity index (χ1v) is 8.69. The fourth-order valence-electron chi connectivity index (χ4n) is 2.95. The van der Waals surface area contributed by atoms with Gasteiger partial charge >= 0.3 is 6.18 Å². The molecule has 0 aliphatic carbocycles. The average Bonchev–Trinajstić information content (AvgIpc) is 3.04. The number of aliphatic hydroxyl groups is 1. The molecule has 0 amide bonds. The maximum atomic E-state index is 13.4. The summed E-state index contributed by atoms with van der Waals surface area (Å²) in [5.41, 5.74) is 2.97. The predicted octanol–water partition coefficient (Wildman–Crippen LogP) is 3.67. The Labute approximate surface area is 153 Å². The minimum absolute atomic E-state index is 0.0357. The standard InChI is InChI=1S/C17H21F3N4O3/c1-9-6-4-3-5-7-16(2,25)15-24-23-14(27-15)12-11(21)8-10(17(18,19)20)13(22-12)26-9/h8-9,25H,3-7,21H2,1-2H3/t9-,16-/m1/s1. The SMILES string of the molecule is C[C@@H]1CCCCC[C@@](C)(O)c2nnc(o2)-c2nc(c(C(F)(F)F)cc2N)O1. The zero-order chi connectivity index (χ0) is 19.8. The second kappa shape index (κ2) is 6.99. The molecular weight excluding hydrogens is 365 g/mol. The lowest BCUT2D eigenvalue weighted by Crippen LogP contribution is -2.22. The number of hydrogen-bond donors (Lipinski definition) is 2. The van der Waals surface area contributed by atoms with Crippen molar-refractivity contribution in [1.82, 2.24) is 15.2 Å². The number of hydrogen-bond acceptors (Lipinski definition) is 7. The van der Waals surface area contributed by atoms with Crippen LogP contribution < -0.4 is 10.5 Å². The zero-order valence-corrected chi connectivity index (χ0v) is 15.0. The fraction of sp³-hybridized carbons (Fsp3) is 0.588. The molecule has 7 nitrogen and oxygen atoms in total. The molecule has 148 valence electrons. The van der Waals surface area contributed by atoms with Crippen LogP contribution in [0.4, 0.5) is 18.9 Å². The summed E-state index contributed by atoms with van der Waals surface area (Å²) in [5.74, 6) is -0.791. The molecule has 0 aromatic carbocycles. The molecule has 10 heteroatoms. The third-order valence-electron chi connectivity index (χ3n) is 4.50. The molecule has 0 saturated carbocycles. The highest BCUT2D eigenvalue weighted by Crippen LogP contribution is 2.40. The molecule has 1 aliphatic rings. The summed E-state index contributed by atoms with van der Waals surface area (Å²) < 4.78 is 51.1. The molecule has 3 N–H and O–H groups in total. The van der Waals surface area contributed by atoms with E-state index in [2.05, 4.69) is 15.2 Å². The third-order valence-corrected chi connectivity index (χ3v) is 4.50. The Bertz CT molecular complexity index is 820. The maximum absolute atomic E-state index is 13.4. The van der Waals surface area contributed by atoms with Crippen molar-refractivity contribution in [2.24, 2.45) is 0 Å². The predicted molar refractivity (Wildman–Crippen MR) is 89.7 cm³/mol. The summed E-state index contributed by atoms with van der Waals surface area (Å²) in [4.78, 5) is 3.93. The molecule has 4 bridgehead atoms. The van der Waals surface area contributed by atoms with E-state index in [4.69, 9.17) is 14.9 Å². The van der Waals surface area contributed by atoms with Gasteiger partial charge in [0.1, 0.15) is 11.2 Å². The van der Waals surface area contributed by atoms with Gasteiger partial charge in [0.05, 0.1) is 11.8 Å². The lowest BCUT2D eigenvalue weighted by atomic mass is 9.97. The molecule has 2 atom stereocenters. The van der Waals surface area contributed by atoms with Gasteiger partial charge in [-0.3, -0.25) is 0 Å². The molecule has 3 rings (SSSR count). The van der Waals surface area contributed by atoms with Gasteiger partial charge in [0.25, 0.3) is 5.89 Å². The lowest BCUT2D eigenvalue weighted by molar-refractivity contribution is -0.139. The Morgan fingerprint density at radius 3 is 2.70 bits per heavy atom. The number of nitrogen functional groups attached to an aromatic ring is 1. The smallest absolute Gasteiger partial charge is 0.421 e. The fourth-order valence-corrected chi connectivity index (χ4v) is 2.95. The van der Waals surface area contributed by atoms with Crippen LogP contribution in [0.3, 0.4) is 0 Å². The maximum Gasteiger partial charge on any atom is 0.421 e. The first-order valence-electron chi connectivity index (χ1n) is 8.69. The Kier molecular flexibility index (Phi) is 5.02. The Hall–Kier alpha value is -2.36. The summed E-state index contributed by atoms with van der Waals surface area (Å²) in [5, 5.41) is 18.2. The number of halogens is 3. The van der Waals surface area contributed by atoms with Crippen molar-refractivity contribution < 1.29 is 27.4 Å². The number of fused-ring (bicyclic) bond motifs is 5. The van der Waals surface area contributed by atoms with E-state index in [1.54, 1.807) is 13.8 Å². The summed E-state index contributed by atoms with van der Waals surface area (Å²) in [6, 6.07) is 0.748. The van der Waals surface area contributed by atoms with E-state index in [0.29, 0.717) is 19.3 Å². The molecule has 0 spiro atoms. The van der Waals surface area contributed by atoms with Crippen molar-refractivity contribution in [2.45, 2.75) is 63.8 Å². The van der Waals surface area contributed by atoms with E-state index < -0.39 is 29.3 Å². The molecule has 1 aliphatic heterocycles. The minimum Gasteiger partial charge on any atom is -0.474 e. The van der Waals surface area contributed by atoms with Gasteiger partial charge in [-0.2, -0.15) is 13.2 Å². The summed E-state index contributed by atoms with van der Waals surface area (Å²) in [7, 11) is 0. The van der Waals surface area contributed by atoms with E-state index in [9.17, 15) is 18.3 Å². The van der Waals surface area contributed by atoms with Gasteiger partial charge in [0.2, 0.25) is 11.8 Å². The van der Waals surface area contributed by atoms with Crippen LogP contribution in [-0.2, 0) is 11.8 Å². The first kappa shape index (κ1) is 19.4. The molecule has 0 fully saturated rings. The van der Waals surface area contributed by atoms with Crippen molar-refractivity contribution in [3.8, 4) is 17.5 Å². The Balaban J connectivity index is 2.13. The minimum atomic E-state index is -4.68. The van der Waals surface area contributed by atoms with Gasteiger partial charge < -0.3 is 20.0 Å². The van der Waals surface area contributed by atoms with Crippen molar-refractivity contribution >= 4 is 5.69 Å². The Morgan fingerprint density at radius 2 is 2.00 bits per heavy atom. The highest BCUT2D eigenvalue weighted by atomic mass is 19.4. The van der Waals surface area contributed by atoms with Crippen LogP contribution in [0.2, 0.25) is 0 Å². The van der Waals surface area contributed by atoms with E-state index in [0.717, 1.165) is 18.9 Å². The molecule has 0 unspecified atom stereocenters. The summed E-state index contributed by atoms with van der Waals surface area (Å²) >= 11 is 0. The molecule has 2 aromatic heterocycles. The van der Waals surface area contributed by atoms with Gasteiger partial charge in [-0.1, -0.05) is 12.8 Å². The van der Waals surface area contributed by atoms with Crippen molar-refractivity contribution in [1.29, 1.82) is 0 Å². The highest BCUT2D eigenvalue weighted by Gasteiger charge is 2.38. The second-order valence-corrected chi connectivity index (χ2v) is 6.99.